The summed E-state index contributed by atoms with van der Waals surface area (Å²) >= 11 is 0. The van der Waals surface area contributed by atoms with E-state index in [-0.39, 0.29) is 6.10 Å². The third kappa shape index (κ3) is 1.31. The molecule has 2 aliphatic rings. The van der Waals surface area contributed by atoms with Crippen molar-refractivity contribution in [3.8, 4) is 0 Å². The Balaban J connectivity index is 1.79. The first-order valence-electron chi connectivity index (χ1n) is 3.73. The van der Waals surface area contributed by atoms with Crippen molar-refractivity contribution in [3.05, 3.63) is 0 Å². The van der Waals surface area contributed by atoms with Gasteiger partial charge in [-0.05, 0) is 6.42 Å². The minimum absolute atomic E-state index is 0.246. The number of ether oxygens (including phenoxy) is 2. The summed E-state index contributed by atoms with van der Waals surface area (Å²) in [5.74, 6) is 0.326. The summed E-state index contributed by atoms with van der Waals surface area (Å²) in [5.41, 5.74) is 0. The van der Waals surface area contributed by atoms with E-state index in [1.54, 1.807) is 0 Å². The standard InChI is InChI=1S/C7H12O3/c8-7-4-9-2-5(7)1-6-3-10-6/h5-8H,1-4H2. The molecule has 2 fully saturated rings. The molecule has 3 atom stereocenters. The first kappa shape index (κ1) is 6.58. The van der Waals surface area contributed by atoms with Gasteiger partial charge in [-0.2, -0.15) is 0 Å². The van der Waals surface area contributed by atoms with Crippen molar-refractivity contribution in [2.45, 2.75) is 18.6 Å². The first-order valence-corrected chi connectivity index (χ1v) is 3.73. The van der Waals surface area contributed by atoms with Crippen LogP contribution in [-0.4, -0.2) is 37.1 Å². The molecular weight excluding hydrogens is 132 g/mol. The van der Waals surface area contributed by atoms with E-state index in [1.807, 2.05) is 0 Å². The fourth-order valence-corrected chi connectivity index (χ4v) is 1.35. The topological polar surface area (TPSA) is 42.0 Å². The van der Waals surface area contributed by atoms with E-state index in [4.69, 9.17) is 9.47 Å². The largest absolute Gasteiger partial charge is 0.390 e. The van der Waals surface area contributed by atoms with Gasteiger partial charge < -0.3 is 14.6 Å². The molecule has 0 aromatic heterocycles. The average Bonchev–Trinajstić information content (AvgIpc) is 2.62. The van der Waals surface area contributed by atoms with Crippen LogP contribution < -0.4 is 0 Å². The maximum absolute atomic E-state index is 9.29. The molecule has 2 heterocycles. The van der Waals surface area contributed by atoms with Crippen LogP contribution in [0, 0.1) is 5.92 Å². The van der Waals surface area contributed by atoms with Gasteiger partial charge in [0.15, 0.2) is 0 Å². The van der Waals surface area contributed by atoms with E-state index in [2.05, 4.69) is 0 Å². The fraction of sp³-hybridized carbons (Fsp3) is 1.00. The maximum atomic E-state index is 9.29. The van der Waals surface area contributed by atoms with Crippen molar-refractivity contribution in [1.82, 2.24) is 0 Å². The second kappa shape index (κ2) is 2.49. The summed E-state index contributed by atoms with van der Waals surface area (Å²) < 4.78 is 10.1. The van der Waals surface area contributed by atoms with Gasteiger partial charge in [-0.1, -0.05) is 0 Å². The number of hydrogen-bond acceptors (Lipinski definition) is 3. The monoisotopic (exact) mass is 144 g/mol. The third-order valence-electron chi connectivity index (χ3n) is 2.13. The van der Waals surface area contributed by atoms with Crippen molar-refractivity contribution in [3.63, 3.8) is 0 Å². The summed E-state index contributed by atoms with van der Waals surface area (Å²) in [6.07, 6.45) is 1.15. The Hall–Kier alpha value is -0.120. The Morgan fingerprint density at radius 2 is 2.10 bits per heavy atom. The van der Waals surface area contributed by atoms with Gasteiger partial charge in [-0.3, -0.25) is 0 Å². The fourth-order valence-electron chi connectivity index (χ4n) is 1.35. The van der Waals surface area contributed by atoms with Gasteiger partial charge in [0, 0.05) is 5.92 Å². The summed E-state index contributed by atoms with van der Waals surface area (Å²) in [5, 5.41) is 9.29. The highest BCUT2D eigenvalue weighted by Crippen LogP contribution is 2.25. The second-order valence-electron chi connectivity index (χ2n) is 3.06. The zero-order chi connectivity index (χ0) is 6.97. The Morgan fingerprint density at radius 3 is 2.60 bits per heavy atom. The lowest BCUT2D eigenvalue weighted by atomic mass is 10.0. The molecule has 2 saturated heterocycles. The van der Waals surface area contributed by atoms with Crippen molar-refractivity contribution >= 4 is 0 Å². The Kier molecular flexibility index (Phi) is 1.64. The highest BCUT2D eigenvalue weighted by atomic mass is 16.6. The van der Waals surface area contributed by atoms with Crippen LogP contribution in [0.2, 0.25) is 0 Å². The molecule has 0 amide bonds. The van der Waals surface area contributed by atoms with Gasteiger partial charge >= 0.3 is 0 Å². The van der Waals surface area contributed by atoms with Crippen LogP contribution >= 0.6 is 0 Å². The van der Waals surface area contributed by atoms with E-state index in [0.717, 1.165) is 13.0 Å². The van der Waals surface area contributed by atoms with E-state index < -0.39 is 0 Å². The molecule has 0 bridgehead atoms. The molecular formula is C7H12O3. The lowest BCUT2D eigenvalue weighted by Gasteiger charge is -2.08. The van der Waals surface area contributed by atoms with Crippen molar-refractivity contribution in [2.75, 3.05) is 19.8 Å². The van der Waals surface area contributed by atoms with Crippen LogP contribution in [0.4, 0.5) is 0 Å². The van der Waals surface area contributed by atoms with Gasteiger partial charge in [-0.25, -0.2) is 0 Å². The molecule has 58 valence electrons. The van der Waals surface area contributed by atoms with Gasteiger partial charge in [0.05, 0.1) is 32.0 Å². The van der Waals surface area contributed by atoms with Gasteiger partial charge in [0.2, 0.25) is 0 Å². The molecule has 2 aliphatic heterocycles. The van der Waals surface area contributed by atoms with Crippen LogP contribution in [0.3, 0.4) is 0 Å². The van der Waals surface area contributed by atoms with E-state index in [1.165, 1.54) is 0 Å². The van der Waals surface area contributed by atoms with Gasteiger partial charge in [0.25, 0.3) is 0 Å². The lowest BCUT2D eigenvalue weighted by Crippen LogP contribution is -2.19. The number of epoxide rings is 1. The van der Waals surface area contributed by atoms with E-state index in [0.29, 0.717) is 25.2 Å². The van der Waals surface area contributed by atoms with Crippen LogP contribution in [0.1, 0.15) is 6.42 Å². The highest BCUT2D eigenvalue weighted by Gasteiger charge is 2.33. The Morgan fingerprint density at radius 1 is 1.30 bits per heavy atom. The van der Waals surface area contributed by atoms with Gasteiger partial charge in [0.1, 0.15) is 0 Å². The molecule has 3 nitrogen and oxygen atoms in total. The second-order valence-corrected chi connectivity index (χ2v) is 3.06. The number of aliphatic hydroxyl groups excluding tert-OH is 1. The predicted molar refractivity (Wildman–Crippen MR) is 34.7 cm³/mol. The summed E-state index contributed by atoms with van der Waals surface area (Å²) in [6.45, 7) is 2.10. The van der Waals surface area contributed by atoms with Crippen molar-refractivity contribution < 1.29 is 14.6 Å². The zero-order valence-corrected chi connectivity index (χ0v) is 5.82. The average molecular weight is 144 g/mol. The van der Waals surface area contributed by atoms with Crippen LogP contribution in [0.25, 0.3) is 0 Å². The molecule has 3 heteroatoms. The predicted octanol–water partition coefficient (Wildman–Crippen LogP) is -0.217. The first-order chi connectivity index (χ1) is 4.86. The lowest BCUT2D eigenvalue weighted by molar-refractivity contribution is 0.115. The molecule has 1 N–H and O–H groups in total. The van der Waals surface area contributed by atoms with Crippen LogP contribution in [0.5, 0.6) is 0 Å². The molecule has 3 unspecified atom stereocenters. The third-order valence-corrected chi connectivity index (χ3v) is 2.13. The molecule has 0 aromatic rings. The molecule has 0 saturated carbocycles. The molecule has 0 radical (unpaired) electrons. The molecule has 10 heavy (non-hydrogen) atoms. The SMILES string of the molecule is OC1COCC1CC1CO1. The Labute approximate surface area is 59.9 Å². The minimum atomic E-state index is -0.246. The highest BCUT2D eigenvalue weighted by molar-refractivity contribution is 4.81. The maximum Gasteiger partial charge on any atom is 0.0824 e. The normalized spacial score (nSPS) is 45.9. The smallest absolute Gasteiger partial charge is 0.0824 e. The van der Waals surface area contributed by atoms with E-state index >= 15 is 0 Å². The Bertz CT molecular complexity index is 122. The van der Waals surface area contributed by atoms with E-state index in [9.17, 15) is 5.11 Å². The van der Waals surface area contributed by atoms with Crippen molar-refractivity contribution in [1.29, 1.82) is 0 Å². The number of rotatable bonds is 2. The number of aliphatic hydroxyl groups is 1. The number of hydrogen-bond donors (Lipinski definition) is 1. The zero-order valence-electron chi connectivity index (χ0n) is 5.82. The molecule has 0 aliphatic carbocycles. The van der Waals surface area contributed by atoms with Gasteiger partial charge in [-0.15, -0.1) is 0 Å². The minimum Gasteiger partial charge on any atom is -0.390 e. The quantitative estimate of drug-likeness (QED) is 0.545. The summed E-state index contributed by atoms with van der Waals surface area (Å²) in [6, 6.07) is 0. The molecule has 2 rings (SSSR count). The summed E-state index contributed by atoms with van der Waals surface area (Å²) in [4.78, 5) is 0. The molecule has 0 aromatic carbocycles. The van der Waals surface area contributed by atoms with Crippen LogP contribution in [-0.2, 0) is 9.47 Å². The summed E-state index contributed by atoms with van der Waals surface area (Å²) in [7, 11) is 0. The molecule has 0 spiro atoms. The van der Waals surface area contributed by atoms with Crippen LogP contribution in [0.15, 0.2) is 0 Å². The van der Waals surface area contributed by atoms with Crippen molar-refractivity contribution in [2.24, 2.45) is 5.92 Å².